The zero-order chi connectivity index (χ0) is 30.7. The van der Waals surface area contributed by atoms with Gasteiger partial charge in [0.25, 0.3) is 0 Å². The van der Waals surface area contributed by atoms with Gasteiger partial charge in [-0.15, -0.1) is 11.8 Å². The number of carbonyl (C=O) groups excluding carboxylic acids is 1. The van der Waals surface area contributed by atoms with Gasteiger partial charge >= 0.3 is 11.9 Å². The van der Waals surface area contributed by atoms with Crippen molar-refractivity contribution >= 4 is 34.4 Å². The number of rotatable bonds is 4. The topological polar surface area (TPSA) is 87.7 Å². The van der Waals surface area contributed by atoms with E-state index in [-0.39, 0.29) is 65.0 Å². The Balaban J connectivity index is 1.84. The predicted molar refractivity (Wildman–Crippen MR) is 151 cm³/mol. The van der Waals surface area contributed by atoms with Crippen molar-refractivity contribution in [2.45, 2.75) is 49.6 Å². The first-order chi connectivity index (χ1) is 19.7. The highest BCUT2D eigenvalue weighted by atomic mass is 32.2. The van der Waals surface area contributed by atoms with Crippen LogP contribution in [0.25, 0.3) is 22.0 Å². The van der Waals surface area contributed by atoms with E-state index in [9.17, 15) is 27.2 Å². The highest BCUT2D eigenvalue weighted by Gasteiger charge is 2.40. The number of likely N-dealkylation sites (N-methyl/N-ethyl adjacent to an activating group) is 1. The lowest BCUT2D eigenvalue weighted by Gasteiger charge is -2.44. The Kier molecular flexibility index (Phi) is 7.83. The second-order valence-electron chi connectivity index (χ2n) is 10.7. The summed E-state index contributed by atoms with van der Waals surface area (Å²) in [4.78, 5) is 33.7. The van der Waals surface area contributed by atoms with Crippen molar-refractivity contribution in [3.8, 4) is 11.1 Å². The maximum atomic E-state index is 15.1. The van der Waals surface area contributed by atoms with E-state index in [0.29, 0.717) is 6.07 Å². The average Bonchev–Trinajstić information content (AvgIpc) is 3.11. The molecule has 0 aliphatic carbocycles. The molecule has 2 N–H and O–H groups in total. The van der Waals surface area contributed by atoms with Crippen LogP contribution in [0.15, 0.2) is 46.6 Å². The van der Waals surface area contributed by atoms with Crippen molar-refractivity contribution in [3.63, 3.8) is 0 Å². The van der Waals surface area contributed by atoms with Crippen molar-refractivity contribution in [1.29, 1.82) is 0 Å². The van der Waals surface area contributed by atoms with Crippen LogP contribution in [-0.2, 0) is 17.5 Å². The third kappa shape index (κ3) is 5.15. The molecule has 8 nitrogen and oxygen atoms in total. The molecular weight excluding hydrogens is 579 g/mol. The van der Waals surface area contributed by atoms with E-state index in [1.807, 2.05) is 0 Å². The minimum atomic E-state index is -4.94. The number of thioether (sulfide) groups is 1. The second-order valence-corrected chi connectivity index (χ2v) is 11.7. The van der Waals surface area contributed by atoms with E-state index in [1.54, 1.807) is 30.7 Å². The summed E-state index contributed by atoms with van der Waals surface area (Å²) in [6.07, 6.45) is -3.74. The van der Waals surface area contributed by atoms with Crippen molar-refractivity contribution < 1.29 is 26.7 Å². The molecule has 2 aliphatic rings. The number of hydrogen-bond donors (Lipinski definition) is 1. The lowest BCUT2D eigenvalue weighted by Crippen LogP contribution is -2.58. The Labute approximate surface area is 242 Å². The van der Waals surface area contributed by atoms with Gasteiger partial charge in [0.15, 0.2) is 0 Å². The molecule has 14 heteroatoms. The number of alkyl halides is 3. The van der Waals surface area contributed by atoms with Gasteiger partial charge in [0.05, 0.1) is 17.1 Å². The van der Waals surface area contributed by atoms with Crippen LogP contribution < -0.4 is 16.4 Å². The van der Waals surface area contributed by atoms with Gasteiger partial charge < -0.3 is 9.80 Å². The Morgan fingerprint density at radius 1 is 1.17 bits per heavy atom. The highest BCUT2D eigenvalue weighted by molar-refractivity contribution is 7.99. The van der Waals surface area contributed by atoms with Gasteiger partial charge in [-0.05, 0) is 38.1 Å². The van der Waals surface area contributed by atoms with E-state index >= 15 is 4.39 Å². The molecule has 5 rings (SSSR count). The molecule has 3 aromatic rings. The number of piperazine rings is 1. The minimum Gasteiger partial charge on any atom is -0.352 e. The van der Waals surface area contributed by atoms with Crippen LogP contribution in [0.3, 0.4) is 0 Å². The summed E-state index contributed by atoms with van der Waals surface area (Å²) in [6, 6.07) is 2.08. The van der Waals surface area contributed by atoms with E-state index in [0.717, 1.165) is 30.0 Å². The van der Waals surface area contributed by atoms with Crippen LogP contribution >= 0.6 is 11.8 Å². The normalized spacial score (nSPS) is 21.1. The first-order valence-corrected chi connectivity index (χ1v) is 14.2. The number of nitrogens with two attached hydrogens (primary N) is 1. The predicted octanol–water partition coefficient (Wildman–Crippen LogP) is 4.25. The summed E-state index contributed by atoms with van der Waals surface area (Å²) >= 11 is 1.02. The summed E-state index contributed by atoms with van der Waals surface area (Å²) in [5, 5.41) is 1.42. The molecule has 1 saturated heterocycles. The summed E-state index contributed by atoms with van der Waals surface area (Å²) in [6.45, 7) is 7.55. The highest BCUT2D eigenvalue weighted by Crippen LogP contribution is 2.49. The van der Waals surface area contributed by atoms with Gasteiger partial charge in [0, 0.05) is 72.0 Å². The summed E-state index contributed by atoms with van der Waals surface area (Å²) in [7, 11) is 1.58. The number of hydrazine groups is 1. The van der Waals surface area contributed by atoms with Crippen molar-refractivity contribution in [3.05, 3.63) is 64.6 Å². The molecule has 2 aromatic carbocycles. The number of amides is 1. The zero-order valence-electron chi connectivity index (χ0n) is 23.1. The number of halogens is 5. The van der Waals surface area contributed by atoms with Gasteiger partial charge in [-0.3, -0.25) is 15.2 Å². The largest absolute Gasteiger partial charge is 0.417 e. The van der Waals surface area contributed by atoms with Crippen molar-refractivity contribution in [2.24, 2.45) is 5.84 Å². The van der Waals surface area contributed by atoms with E-state index in [2.05, 4.69) is 11.6 Å². The number of aromatic nitrogens is 2. The number of carbonyl (C=O) groups is 1. The van der Waals surface area contributed by atoms with E-state index < -0.39 is 46.2 Å². The van der Waals surface area contributed by atoms with Crippen LogP contribution in [-0.4, -0.2) is 69.4 Å². The molecule has 0 bridgehead atoms. The van der Waals surface area contributed by atoms with Gasteiger partial charge in [0.2, 0.25) is 5.91 Å². The second kappa shape index (κ2) is 11.0. The lowest BCUT2D eigenvalue weighted by atomic mass is 9.95. The Morgan fingerprint density at radius 3 is 2.40 bits per heavy atom. The number of anilines is 1. The molecule has 0 saturated carbocycles. The smallest absolute Gasteiger partial charge is 0.352 e. The van der Waals surface area contributed by atoms with Crippen LogP contribution in [0.1, 0.15) is 19.4 Å². The van der Waals surface area contributed by atoms with Gasteiger partial charge in [-0.1, -0.05) is 6.58 Å². The summed E-state index contributed by atoms with van der Waals surface area (Å²) in [5.74, 6) is 3.86. The van der Waals surface area contributed by atoms with E-state index in [1.165, 1.54) is 15.7 Å². The fourth-order valence-electron chi connectivity index (χ4n) is 5.85. The molecule has 1 aromatic heterocycles. The van der Waals surface area contributed by atoms with Gasteiger partial charge in [-0.25, -0.2) is 18.6 Å². The van der Waals surface area contributed by atoms with Crippen molar-refractivity contribution in [2.75, 3.05) is 30.8 Å². The number of benzene rings is 2. The van der Waals surface area contributed by atoms with E-state index in [4.69, 9.17) is 5.84 Å². The molecule has 0 spiro atoms. The fourth-order valence-corrected chi connectivity index (χ4v) is 7.27. The molecule has 3 heterocycles. The lowest BCUT2D eigenvalue weighted by molar-refractivity contribution is -0.137. The standard InChI is InChI=1S/C28H29F5N6O2S/c1-5-22(40)39-14(2)10-37(11-15(39)3)26-19-9-20(28(31,32)33)23(18-7-6-16(29)8-21(18)30)25-24(19)38(27(41)35-26)12-17(13-42-25)36(4)34/h5-9,14-15,17H,1,10-13,34H2,2-4H3. The number of hydrogen-bond acceptors (Lipinski definition) is 7. The fraction of sp³-hybridized carbons (Fsp3) is 0.393. The zero-order valence-corrected chi connectivity index (χ0v) is 23.9. The maximum Gasteiger partial charge on any atom is 0.417 e. The Hall–Kier alpha value is -3.49. The molecular formula is C28H29F5N6O2S. The van der Waals surface area contributed by atoms with Gasteiger partial charge in [-0.2, -0.15) is 18.2 Å². The molecule has 42 heavy (non-hydrogen) atoms. The maximum absolute atomic E-state index is 15.1. The summed E-state index contributed by atoms with van der Waals surface area (Å²) < 4.78 is 74.6. The third-order valence-corrected chi connectivity index (χ3v) is 8.98. The third-order valence-electron chi connectivity index (χ3n) is 7.74. The van der Waals surface area contributed by atoms with Crippen LogP contribution in [0.4, 0.5) is 27.8 Å². The molecule has 1 fully saturated rings. The van der Waals surface area contributed by atoms with Crippen LogP contribution in [0.2, 0.25) is 0 Å². The first-order valence-electron chi connectivity index (χ1n) is 13.2. The molecule has 224 valence electrons. The quantitative estimate of drug-likeness (QED) is 0.205. The minimum absolute atomic E-state index is 0.0250. The molecule has 3 unspecified atom stereocenters. The SMILES string of the molecule is C=CC(=O)N1C(C)CN(c2nc(=O)n3c4c(c(-c5ccc(F)cc5F)c(C(F)(F)F)cc24)SCC(N(C)N)C3)CC1C. The molecule has 1 amide bonds. The summed E-state index contributed by atoms with van der Waals surface area (Å²) in [5.41, 5.74) is -2.60. The first kappa shape index (κ1) is 30.0. The van der Waals surface area contributed by atoms with Gasteiger partial charge in [0.1, 0.15) is 17.5 Å². The van der Waals surface area contributed by atoms with Crippen LogP contribution in [0, 0.1) is 11.6 Å². The monoisotopic (exact) mass is 608 g/mol. The van der Waals surface area contributed by atoms with Crippen LogP contribution in [0.5, 0.6) is 0 Å². The average molecular weight is 609 g/mol. The molecule has 3 atom stereocenters. The molecule has 0 radical (unpaired) electrons. The molecule has 2 aliphatic heterocycles. The van der Waals surface area contributed by atoms with Crippen molar-refractivity contribution in [1.82, 2.24) is 19.5 Å². The Morgan fingerprint density at radius 2 is 1.83 bits per heavy atom. The number of nitrogens with zero attached hydrogens (tertiary/aromatic N) is 5. The Bertz CT molecular complexity index is 1630.